The number of rotatable bonds is 4. The van der Waals surface area contributed by atoms with E-state index in [1.807, 2.05) is 19.2 Å². The topological polar surface area (TPSA) is 48.9 Å². The van der Waals surface area contributed by atoms with Crippen LogP contribution in [0.1, 0.15) is 43.4 Å². The number of piperidine rings is 1. The number of nitrogens with zero attached hydrogens (tertiary/aromatic N) is 2. The molecule has 0 bridgehead atoms. The number of anilines is 1. The Morgan fingerprint density at radius 3 is 2.59 bits per heavy atom. The lowest BCUT2D eigenvalue weighted by Gasteiger charge is -2.32. The monoisotopic (exact) mass is 392 g/mol. The third kappa shape index (κ3) is 4.84. The van der Waals surface area contributed by atoms with Crippen LogP contribution in [0.5, 0.6) is 5.75 Å². The Hall–Kier alpha value is -2.69. The third-order valence-electron chi connectivity index (χ3n) is 6.04. The summed E-state index contributed by atoms with van der Waals surface area (Å²) in [5, 5.41) is 7.00. The van der Waals surface area contributed by atoms with E-state index in [1.54, 1.807) is 0 Å². The summed E-state index contributed by atoms with van der Waals surface area (Å²) < 4.78 is 5.76. The molecule has 0 aliphatic carbocycles. The molecule has 2 heterocycles. The highest BCUT2D eigenvalue weighted by atomic mass is 16.5. The summed E-state index contributed by atoms with van der Waals surface area (Å²) in [5.41, 5.74) is 3.79. The van der Waals surface area contributed by atoms with Crippen LogP contribution in [0.3, 0.4) is 0 Å². The molecule has 0 aromatic heterocycles. The Balaban J connectivity index is 1.32. The predicted molar refractivity (Wildman–Crippen MR) is 120 cm³/mol. The summed E-state index contributed by atoms with van der Waals surface area (Å²) in [5.74, 6) is 2.65. The van der Waals surface area contributed by atoms with Gasteiger partial charge < -0.3 is 20.3 Å². The highest BCUT2D eigenvalue weighted by molar-refractivity contribution is 5.80. The van der Waals surface area contributed by atoms with Gasteiger partial charge in [0.15, 0.2) is 5.96 Å². The van der Waals surface area contributed by atoms with E-state index in [9.17, 15) is 0 Å². The van der Waals surface area contributed by atoms with Crippen molar-refractivity contribution < 1.29 is 4.74 Å². The number of para-hydroxylation sites is 1. The van der Waals surface area contributed by atoms with Gasteiger partial charge in [0.25, 0.3) is 0 Å². The minimum Gasteiger partial charge on any atom is -0.493 e. The zero-order valence-electron chi connectivity index (χ0n) is 17.5. The molecule has 154 valence electrons. The maximum absolute atomic E-state index is 5.76. The van der Waals surface area contributed by atoms with Gasteiger partial charge in [-0.1, -0.05) is 37.3 Å². The van der Waals surface area contributed by atoms with Crippen molar-refractivity contribution in [2.75, 3.05) is 31.6 Å². The molecule has 0 saturated carbocycles. The smallest absolute Gasteiger partial charge is 0.191 e. The van der Waals surface area contributed by atoms with Crippen molar-refractivity contribution in [1.82, 2.24) is 10.6 Å². The summed E-state index contributed by atoms with van der Waals surface area (Å²) >= 11 is 0. The van der Waals surface area contributed by atoms with Gasteiger partial charge in [-0.05, 0) is 42.5 Å². The molecule has 5 nitrogen and oxygen atoms in total. The van der Waals surface area contributed by atoms with Gasteiger partial charge in [0.05, 0.1) is 12.6 Å². The number of aliphatic imine (C=N–C) groups is 1. The first-order valence-electron chi connectivity index (χ1n) is 10.8. The van der Waals surface area contributed by atoms with Crippen molar-refractivity contribution in [3.63, 3.8) is 0 Å². The fourth-order valence-electron chi connectivity index (χ4n) is 4.13. The SMILES string of the molecule is CN=C(NCc1ccc(N2CCC(C)CC2)cc1)NC1CCOc2ccccc21. The summed E-state index contributed by atoms with van der Waals surface area (Å²) in [6.07, 6.45) is 3.52. The number of hydrogen-bond donors (Lipinski definition) is 2. The second-order valence-corrected chi connectivity index (χ2v) is 8.13. The van der Waals surface area contributed by atoms with E-state index in [0.29, 0.717) is 0 Å². The molecule has 4 rings (SSSR count). The van der Waals surface area contributed by atoms with Gasteiger partial charge in [0, 0.05) is 44.4 Å². The summed E-state index contributed by atoms with van der Waals surface area (Å²) in [6, 6.07) is 17.4. The molecule has 2 aromatic carbocycles. The fourth-order valence-corrected chi connectivity index (χ4v) is 4.13. The standard InChI is InChI=1S/C24H32N4O/c1-18-11-14-28(15-12-18)20-9-7-19(8-10-20)17-26-24(25-2)27-22-13-16-29-23-6-4-3-5-21(22)23/h3-10,18,22H,11-17H2,1-2H3,(H2,25,26,27). The van der Waals surface area contributed by atoms with Gasteiger partial charge in [-0.2, -0.15) is 0 Å². The molecule has 2 aliphatic heterocycles. The lowest BCUT2D eigenvalue weighted by atomic mass is 9.99. The molecule has 5 heteroatoms. The lowest BCUT2D eigenvalue weighted by Crippen LogP contribution is -2.40. The highest BCUT2D eigenvalue weighted by Crippen LogP contribution is 2.31. The molecule has 2 aliphatic rings. The lowest BCUT2D eigenvalue weighted by molar-refractivity contribution is 0.261. The molecule has 0 spiro atoms. The van der Waals surface area contributed by atoms with Crippen LogP contribution >= 0.6 is 0 Å². The average molecular weight is 393 g/mol. The fraction of sp³-hybridized carbons (Fsp3) is 0.458. The van der Waals surface area contributed by atoms with Crippen LogP contribution < -0.4 is 20.3 Å². The number of ether oxygens (including phenoxy) is 1. The normalized spacial score (nSPS) is 20.0. The van der Waals surface area contributed by atoms with Crippen molar-refractivity contribution in [1.29, 1.82) is 0 Å². The largest absolute Gasteiger partial charge is 0.493 e. The summed E-state index contributed by atoms with van der Waals surface area (Å²) in [6.45, 7) is 6.17. The van der Waals surface area contributed by atoms with E-state index in [4.69, 9.17) is 4.74 Å². The van der Waals surface area contributed by atoms with Gasteiger partial charge in [0.2, 0.25) is 0 Å². The Labute approximate surface area is 174 Å². The van der Waals surface area contributed by atoms with Crippen LogP contribution in [0.15, 0.2) is 53.5 Å². The van der Waals surface area contributed by atoms with E-state index >= 15 is 0 Å². The second kappa shape index (κ2) is 9.21. The molecular formula is C24H32N4O. The van der Waals surface area contributed by atoms with E-state index < -0.39 is 0 Å². The van der Waals surface area contributed by atoms with E-state index in [1.165, 1.54) is 42.7 Å². The minimum absolute atomic E-state index is 0.218. The van der Waals surface area contributed by atoms with Gasteiger partial charge in [-0.3, -0.25) is 4.99 Å². The van der Waals surface area contributed by atoms with Gasteiger partial charge in [0.1, 0.15) is 5.75 Å². The van der Waals surface area contributed by atoms with Crippen LogP contribution in [-0.4, -0.2) is 32.7 Å². The summed E-state index contributed by atoms with van der Waals surface area (Å²) in [7, 11) is 1.82. The second-order valence-electron chi connectivity index (χ2n) is 8.13. The molecule has 1 unspecified atom stereocenters. The third-order valence-corrected chi connectivity index (χ3v) is 6.04. The van der Waals surface area contributed by atoms with Crippen LogP contribution in [0.25, 0.3) is 0 Å². The van der Waals surface area contributed by atoms with Gasteiger partial charge in [-0.25, -0.2) is 0 Å². The van der Waals surface area contributed by atoms with Gasteiger partial charge >= 0.3 is 0 Å². The number of nitrogens with one attached hydrogen (secondary N) is 2. The number of guanidine groups is 1. The first-order valence-corrected chi connectivity index (χ1v) is 10.8. The molecule has 0 radical (unpaired) electrons. The molecule has 1 saturated heterocycles. The predicted octanol–water partition coefficient (Wildman–Crippen LogP) is 4.11. The Bertz CT molecular complexity index is 825. The van der Waals surface area contributed by atoms with Crippen LogP contribution in [0.4, 0.5) is 5.69 Å². The zero-order valence-corrected chi connectivity index (χ0v) is 17.5. The summed E-state index contributed by atoms with van der Waals surface area (Å²) in [4.78, 5) is 6.91. The molecule has 2 N–H and O–H groups in total. The zero-order chi connectivity index (χ0) is 20.1. The van der Waals surface area contributed by atoms with Crippen molar-refractivity contribution in [3.05, 3.63) is 59.7 Å². The number of benzene rings is 2. The minimum atomic E-state index is 0.218. The molecule has 29 heavy (non-hydrogen) atoms. The maximum atomic E-state index is 5.76. The van der Waals surface area contributed by atoms with E-state index in [0.717, 1.165) is 37.2 Å². The molecule has 0 amide bonds. The van der Waals surface area contributed by atoms with Crippen molar-refractivity contribution >= 4 is 11.6 Å². The maximum Gasteiger partial charge on any atom is 0.191 e. The quantitative estimate of drug-likeness (QED) is 0.607. The number of fused-ring (bicyclic) bond motifs is 1. The molecule has 2 aromatic rings. The van der Waals surface area contributed by atoms with Crippen LogP contribution in [0, 0.1) is 5.92 Å². The molecule has 1 fully saturated rings. The Morgan fingerprint density at radius 2 is 1.83 bits per heavy atom. The van der Waals surface area contributed by atoms with Crippen LogP contribution in [0.2, 0.25) is 0 Å². The van der Waals surface area contributed by atoms with Crippen LogP contribution in [-0.2, 0) is 6.54 Å². The molecule has 1 atom stereocenters. The Morgan fingerprint density at radius 1 is 1.07 bits per heavy atom. The Kier molecular flexibility index (Phi) is 6.23. The first-order chi connectivity index (χ1) is 14.2. The van der Waals surface area contributed by atoms with Crippen molar-refractivity contribution in [2.45, 2.75) is 38.8 Å². The van der Waals surface area contributed by atoms with Gasteiger partial charge in [-0.15, -0.1) is 0 Å². The van der Waals surface area contributed by atoms with Crippen molar-refractivity contribution in [3.8, 4) is 5.75 Å². The first kappa shape index (κ1) is 19.6. The molecular weight excluding hydrogens is 360 g/mol. The van der Waals surface area contributed by atoms with E-state index in [2.05, 4.69) is 63.8 Å². The van der Waals surface area contributed by atoms with E-state index in [-0.39, 0.29) is 6.04 Å². The number of hydrogen-bond acceptors (Lipinski definition) is 3. The average Bonchev–Trinajstić information content (AvgIpc) is 2.77. The highest BCUT2D eigenvalue weighted by Gasteiger charge is 2.21. The van der Waals surface area contributed by atoms with Crippen molar-refractivity contribution in [2.24, 2.45) is 10.9 Å².